The first-order chi connectivity index (χ1) is 11.9. The van der Waals surface area contributed by atoms with E-state index in [0.29, 0.717) is 31.9 Å². The molecule has 25 heavy (non-hydrogen) atoms. The number of alkyl halides is 1. The van der Waals surface area contributed by atoms with Gasteiger partial charge in [-0.15, -0.1) is 11.6 Å². The summed E-state index contributed by atoms with van der Waals surface area (Å²) in [6.45, 7) is 7.33. The molecule has 3 atom stereocenters. The molecule has 0 saturated carbocycles. The van der Waals surface area contributed by atoms with Crippen molar-refractivity contribution in [3.63, 3.8) is 0 Å². The van der Waals surface area contributed by atoms with Crippen molar-refractivity contribution < 1.29 is 19.1 Å². The summed E-state index contributed by atoms with van der Waals surface area (Å²) >= 11 is 5.68. The van der Waals surface area contributed by atoms with Gasteiger partial charge in [0, 0.05) is 19.1 Å². The summed E-state index contributed by atoms with van der Waals surface area (Å²) in [5.74, 6) is -0.779. The van der Waals surface area contributed by atoms with Crippen LogP contribution in [0.2, 0.25) is 0 Å². The van der Waals surface area contributed by atoms with Crippen LogP contribution < -0.4 is 16.0 Å². The van der Waals surface area contributed by atoms with Gasteiger partial charge in [0.2, 0.25) is 11.8 Å². The molecule has 0 radical (unpaired) electrons. The van der Waals surface area contributed by atoms with Gasteiger partial charge in [-0.2, -0.15) is 0 Å². The van der Waals surface area contributed by atoms with Crippen LogP contribution in [0.1, 0.15) is 40.0 Å². The Balaban J connectivity index is 2.71. The van der Waals surface area contributed by atoms with E-state index in [0.717, 1.165) is 0 Å². The van der Waals surface area contributed by atoms with Gasteiger partial charge in [0.1, 0.15) is 0 Å². The van der Waals surface area contributed by atoms with Crippen LogP contribution in [0.4, 0.5) is 0 Å². The Morgan fingerprint density at radius 1 is 1.36 bits per heavy atom. The quantitative estimate of drug-likeness (QED) is 0.266. The van der Waals surface area contributed by atoms with Gasteiger partial charge in [-0.05, 0) is 32.1 Å². The van der Waals surface area contributed by atoms with Crippen molar-refractivity contribution in [2.75, 3.05) is 25.8 Å². The highest BCUT2D eigenvalue weighted by Crippen LogP contribution is 2.17. The van der Waals surface area contributed by atoms with E-state index in [9.17, 15) is 14.4 Å². The van der Waals surface area contributed by atoms with Crippen molar-refractivity contribution in [2.45, 2.75) is 52.1 Å². The van der Waals surface area contributed by atoms with Crippen LogP contribution in [0, 0.1) is 11.8 Å². The third-order valence-electron chi connectivity index (χ3n) is 4.18. The van der Waals surface area contributed by atoms with E-state index in [2.05, 4.69) is 16.0 Å². The summed E-state index contributed by atoms with van der Waals surface area (Å²) in [6, 6.07) is -1.21. The fourth-order valence-corrected chi connectivity index (χ4v) is 2.99. The second-order valence-electron chi connectivity index (χ2n) is 6.70. The molecule has 0 bridgehead atoms. The first-order valence-corrected chi connectivity index (χ1v) is 9.40. The molecule has 1 heterocycles. The van der Waals surface area contributed by atoms with Crippen molar-refractivity contribution >= 4 is 29.2 Å². The molecule has 1 rings (SSSR count). The van der Waals surface area contributed by atoms with Crippen molar-refractivity contribution in [3.8, 4) is 0 Å². The van der Waals surface area contributed by atoms with Gasteiger partial charge >= 0.3 is 0 Å². The molecule has 0 aromatic carbocycles. The second-order valence-corrected chi connectivity index (χ2v) is 6.96. The number of amides is 2. The predicted octanol–water partition coefficient (Wildman–Crippen LogP) is 0.804. The van der Waals surface area contributed by atoms with Crippen LogP contribution in [0.5, 0.6) is 0 Å². The maximum absolute atomic E-state index is 12.6. The van der Waals surface area contributed by atoms with Crippen molar-refractivity contribution in [1.29, 1.82) is 0 Å². The number of hydrogen-bond acceptors (Lipinski definition) is 5. The predicted molar refractivity (Wildman–Crippen MR) is 96.3 cm³/mol. The average molecular weight is 376 g/mol. The zero-order valence-electron chi connectivity index (χ0n) is 15.3. The zero-order valence-corrected chi connectivity index (χ0v) is 16.0. The molecular formula is C17H30ClN3O4. The number of halogens is 1. The van der Waals surface area contributed by atoms with E-state index in [1.54, 1.807) is 0 Å². The smallest absolute Gasteiger partial charge is 0.237 e. The number of nitrogens with one attached hydrogen (secondary N) is 3. The number of hydrogen-bond donors (Lipinski definition) is 3. The van der Waals surface area contributed by atoms with Crippen LogP contribution in [-0.4, -0.2) is 55.4 Å². The number of rotatable bonds is 12. The average Bonchev–Trinajstić information content (AvgIpc) is 2.97. The molecule has 3 N–H and O–H groups in total. The molecule has 7 nitrogen and oxygen atoms in total. The van der Waals surface area contributed by atoms with E-state index in [1.165, 1.54) is 0 Å². The van der Waals surface area contributed by atoms with Gasteiger partial charge in [-0.3, -0.25) is 19.7 Å². The van der Waals surface area contributed by atoms with E-state index < -0.39 is 12.1 Å². The minimum absolute atomic E-state index is 0.0742. The standard InChI is InChI=1S/C17H30ClN3O4/c1-4-25-10-20-14(7-11(2)3)17(24)21-13(15(22)9-18)8-12-5-6-19-16(12)23/h11-14,20H,4-10H2,1-3H3,(H,19,23)(H,21,24)/t12-,13-,14-/m0/s1. The highest BCUT2D eigenvalue weighted by molar-refractivity contribution is 6.28. The van der Waals surface area contributed by atoms with Gasteiger partial charge < -0.3 is 15.4 Å². The maximum Gasteiger partial charge on any atom is 0.237 e. The second kappa shape index (κ2) is 11.4. The summed E-state index contributed by atoms with van der Waals surface area (Å²) < 4.78 is 5.26. The number of ether oxygens (including phenoxy) is 1. The Morgan fingerprint density at radius 2 is 2.08 bits per heavy atom. The Bertz CT molecular complexity index is 459. The van der Waals surface area contributed by atoms with Crippen LogP contribution in [0.3, 0.4) is 0 Å². The van der Waals surface area contributed by atoms with Gasteiger partial charge in [0.05, 0.1) is 24.7 Å². The van der Waals surface area contributed by atoms with Gasteiger partial charge in [-0.25, -0.2) is 0 Å². The van der Waals surface area contributed by atoms with Crippen molar-refractivity contribution in [2.24, 2.45) is 11.8 Å². The summed E-state index contributed by atoms with van der Waals surface area (Å²) in [6.07, 6.45) is 1.56. The lowest BCUT2D eigenvalue weighted by molar-refractivity contribution is -0.130. The minimum Gasteiger partial charge on any atom is -0.367 e. The van der Waals surface area contributed by atoms with Gasteiger partial charge in [0.15, 0.2) is 5.78 Å². The highest BCUT2D eigenvalue weighted by Gasteiger charge is 2.32. The third-order valence-corrected chi connectivity index (χ3v) is 4.44. The summed E-state index contributed by atoms with van der Waals surface area (Å²) in [5, 5.41) is 8.58. The monoisotopic (exact) mass is 375 g/mol. The molecule has 1 aliphatic heterocycles. The van der Waals surface area contributed by atoms with E-state index >= 15 is 0 Å². The topological polar surface area (TPSA) is 96.5 Å². The first kappa shape index (κ1) is 21.9. The lowest BCUT2D eigenvalue weighted by Gasteiger charge is -2.24. The van der Waals surface area contributed by atoms with Gasteiger partial charge in [0.25, 0.3) is 0 Å². The van der Waals surface area contributed by atoms with Gasteiger partial charge in [-0.1, -0.05) is 13.8 Å². The Kier molecular flexibility index (Phi) is 10.0. The minimum atomic E-state index is -0.748. The van der Waals surface area contributed by atoms with E-state index in [1.807, 2.05) is 20.8 Å². The largest absolute Gasteiger partial charge is 0.367 e. The normalized spacial score (nSPS) is 19.6. The Morgan fingerprint density at radius 3 is 2.60 bits per heavy atom. The van der Waals surface area contributed by atoms with Crippen LogP contribution in [-0.2, 0) is 19.1 Å². The number of Topliss-reactive ketones (excluding diaryl/α,β-unsaturated/α-hetero) is 1. The fourth-order valence-electron chi connectivity index (χ4n) is 2.81. The summed E-state index contributed by atoms with van der Waals surface area (Å²) in [5.41, 5.74) is 0. The third kappa shape index (κ3) is 7.71. The van der Waals surface area contributed by atoms with E-state index in [-0.39, 0.29) is 42.5 Å². The molecule has 0 aromatic heterocycles. The molecule has 1 aliphatic rings. The van der Waals surface area contributed by atoms with Crippen molar-refractivity contribution in [3.05, 3.63) is 0 Å². The molecule has 1 fully saturated rings. The maximum atomic E-state index is 12.6. The molecular weight excluding hydrogens is 346 g/mol. The Hall–Kier alpha value is -1.18. The molecule has 0 aromatic rings. The highest BCUT2D eigenvalue weighted by atomic mass is 35.5. The summed E-state index contributed by atoms with van der Waals surface area (Å²) in [7, 11) is 0. The number of carbonyl (C=O) groups excluding carboxylic acids is 3. The molecule has 2 amide bonds. The number of ketones is 1. The lowest BCUT2D eigenvalue weighted by atomic mass is 9.95. The van der Waals surface area contributed by atoms with Crippen LogP contribution in [0.15, 0.2) is 0 Å². The molecule has 144 valence electrons. The van der Waals surface area contributed by atoms with Crippen LogP contribution >= 0.6 is 11.6 Å². The van der Waals surface area contributed by atoms with E-state index in [4.69, 9.17) is 16.3 Å². The van der Waals surface area contributed by atoms with Crippen molar-refractivity contribution in [1.82, 2.24) is 16.0 Å². The molecule has 0 aliphatic carbocycles. The fraction of sp³-hybridized carbons (Fsp3) is 0.824. The Labute approximate surface area is 154 Å². The first-order valence-electron chi connectivity index (χ1n) is 8.86. The lowest BCUT2D eigenvalue weighted by Crippen LogP contribution is -2.52. The van der Waals surface area contributed by atoms with Crippen LogP contribution in [0.25, 0.3) is 0 Å². The molecule has 8 heteroatoms. The molecule has 0 spiro atoms. The molecule has 1 saturated heterocycles. The zero-order chi connectivity index (χ0) is 18.8. The summed E-state index contributed by atoms with van der Waals surface area (Å²) in [4.78, 5) is 36.5. The molecule has 0 unspecified atom stereocenters. The SMILES string of the molecule is CCOCN[C@@H](CC(C)C)C(=O)N[C@@H](C[C@@H]1CCNC1=O)C(=O)CCl. The number of carbonyl (C=O) groups is 3.